The molecule has 5 heteroatoms. The molecule has 0 radical (unpaired) electrons. The molecule has 2 aromatic rings. The van der Waals surface area contributed by atoms with Crippen LogP contribution in [0.15, 0.2) is 48.5 Å². The Balaban J connectivity index is 1.81. The molecule has 1 heterocycles. The van der Waals surface area contributed by atoms with Gasteiger partial charge >= 0.3 is 0 Å². The first-order valence-electron chi connectivity index (χ1n) is 7.99. The Kier molecular flexibility index (Phi) is 4.60. The van der Waals surface area contributed by atoms with Gasteiger partial charge in [0, 0.05) is 13.1 Å². The number of nitrogens with zero attached hydrogens (tertiary/aromatic N) is 1. The molecule has 0 aliphatic carbocycles. The summed E-state index contributed by atoms with van der Waals surface area (Å²) in [6.45, 7) is 2.64. The van der Waals surface area contributed by atoms with E-state index in [4.69, 9.17) is 0 Å². The molecule has 2 aromatic carbocycles. The number of fused-ring (bicyclic) bond motifs is 1. The van der Waals surface area contributed by atoms with Crippen LogP contribution in [-0.4, -0.2) is 23.3 Å². The van der Waals surface area contributed by atoms with Crippen LogP contribution < -0.4 is 5.32 Å². The second kappa shape index (κ2) is 6.83. The third kappa shape index (κ3) is 3.15. The predicted octanol–water partition coefficient (Wildman–Crippen LogP) is 2.59. The van der Waals surface area contributed by atoms with Gasteiger partial charge < -0.3 is 10.2 Å². The first-order chi connectivity index (χ1) is 11.6. The van der Waals surface area contributed by atoms with E-state index in [0.29, 0.717) is 19.5 Å². The van der Waals surface area contributed by atoms with Crippen molar-refractivity contribution in [2.24, 2.45) is 0 Å². The van der Waals surface area contributed by atoms with Crippen LogP contribution in [0.4, 0.5) is 4.39 Å². The van der Waals surface area contributed by atoms with Gasteiger partial charge in [-0.3, -0.25) is 9.59 Å². The minimum absolute atomic E-state index is 0.0434. The van der Waals surface area contributed by atoms with E-state index in [1.54, 1.807) is 17.0 Å². The van der Waals surface area contributed by atoms with Crippen LogP contribution in [0.3, 0.4) is 0 Å². The average molecular weight is 326 g/mol. The summed E-state index contributed by atoms with van der Waals surface area (Å²) in [4.78, 5) is 26.7. The summed E-state index contributed by atoms with van der Waals surface area (Å²) in [5, 5.41) is 2.86. The third-order valence-corrected chi connectivity index (χ3v) is 4.29. The number of nitrogens with one attached hydrogen (secondary N) is 1. The summed E-state index contributed by atoms with van der Waals surface area (Å²) in [6.07, 6.45) is 0.325. The lowest BCUT2D eigenvalue weighted by Crippen LogP contribution is -2.47. The van der Waals surface area contributed by atoms with E-state index in [9.17, 15) is 14.0 Å². The van der Waals surface area contributed by atoms with Gasteiger partial charge in [-0.2, -0.15) is 0 Å². The number of carbonyl (C=O) groups excluding carboxylic acids is 2. The first kappa shape index (κ1) is 16.2. The van der Waals surface area contributed by atoms with E-state index in [1.165, 1.54) is 12.1 Å². The van der Waals surface area contributed by atoms with Crippen molar-refractivity contribution in [3.8, 4) is 0 Å². The van der Waals surface area contributed by atoms with Crippen LogP contribution in [0.1, 0.15) is 29.7 Å². The van der Waals surface area contributed by atoms with Gasteiger partial charge in [0.1, 0.15) is 11.9 Å². The SMILES string of the molecule is CCN1C(=O)Cc2ccccc2C1C(=O)NCc1ccc(F)cc1. The molecule has 0 aromatic heterocycles. The molecular formula is C19H19FN2O2. The predicted molar refractivity (Wildman–Crippen MR) is 88.5 cm³/mol. The molecule has 0 saturated carbocycles. The zero-order chi connectivity index (χ0) is 17.1. The molecule has 24 heavy (non-hydrogen) atoms. The molecule has 1 atom stereocenters. The van der Waals surface area contributed by atoms with Crippen molar-refractivity contribution < 1.29 is 14.0 Å². The quantitative estimate of drug-likeness (QED) is 0.939. The standard InChI is InChI=1S/C19H19FN2O2/c1-2-22-17(23)11-14-5-3-4-6-16(14)18(22)19(24)21-12-13-7-9-15(20)10-8-13/h3-10,18H,2,11-12H2,1H3,(H,21,24). The summed E-state index contributed by atoms with van der Waals surface area (Å²) in [6, 6.07) is 12.9. The highest BCUT2D eigenvalue weighted by Crippen LogP contribution is 2.30. The Bertz CT molecular complexity index is 758. The zero-order valence-electron chi connectivity index (χ0n) is 13.5. The van der Waals surface area contributed by atoms with Gasteiger partial charge in [-0.1, -0.05) is 36.4 Å². The van der Waals surface area contributed by atoms with Crippen molar-refractivity contribution >= 4 is 11.8 Å². The van der Waals surface area contributed by atoms with Crippen LogP contribution in [0.2, 0.25) is 0 Å². The highest BCUT2D eigenvalue weighted by molar-refractivity contribution is 5.92. The Morgan fingerprint density at radius 1 is 1.21 bits per heavy atom. The smallest absolute Gasteiger partial charge is 0.247 e. The minimum Gasteiger partial charge on any atom is -0.350 e. The van der Waals surface area contributed by atoms with Crippen LogP contribution in [-0.2, 0) is 22.6 Å². The molecule has 0 spiro atoms. The van der Waals surface area contributed by atoms with Crippen LogP contribution >= 0.6 is 0 Å². The number of likely N-dealkylation sites (N-methyl/N-ethyl adjacent to an activating group) is 1. The molecule has 0 saturated heterocycles. The molecule has 0 bridgehead atoms. The van der Waals surface area contributed by atoms with Gasteiger partial charge in [0.25, 0.3) is 0 Å². The van der Waals surface area contributed by atoms with Gasteiger partial charge in [0.05, 0.1) is 6.42 Å². The van der Waals surface area contributed by atoms with Crippen molar-refractivity contribution in [1.82, 2.24) is 10.2 Å². The fraction of sp³-hybridized carbons (Fsp3) is 0.263. The molecule has 4 nitrogen and oxygen atoms in total. The lowest BCUT2D eigenvalue weighted by molar-refractivity contribution is -0.141. The van der Waals surface area contributed by atoms with E-state index in [0.717, 1.165) is 16.7 Å². The molecular weight excluding hydrogens is 307 g/mol. The normalized spacial score (nSPS) is 16.7. The number of hydrogen-bond acceptors (Lipinski definition) is 2. The minimum atomic E-state index is -0.618. The van der Waals surface area contributed by atoms with Crippen LogP contribution in [0.5, 0.6) is 0 Å². The summed E-state index contributed by atoms with van der Waals surface area (Å²) in [7, 11) is 0. The van der Waals surface area contributed by atoms with Gasteiger partial charge in [-0.05, 0) is 35.7 Å². The molecule has 124 valence electrons. The Morgan fingerprint density at radius 2 is 1.92 bits per heavy atom. The second-order valence-corrected chi connectivity index (χ2v) is 5.80. The Labute approximate surface area is 140 Å². The topological polar surface area (TPSA) is 49.4 Å². The van der Waals surface area contributed by atoms with Gasteiger partial charge in [-0.15, -0.1) is 0 Å². The fourth-order valence-electron chi connectivity index (χ4n) is 3.07. The summed E-state index contributed by atoms with van der Waals surface area (Å²) < 4.78 is 13.0. The van der Waals surface area contributed by atoms with Gasteiger partial charge in [0.2, 0.25) is 11.8 Å². The highest BCUT2D eigenvalue weighted by Gasteiger charge is 2.35. The number of hydrogen-bond donors (Lipinski definition) is 1. The van der Waals surface area contributed by atoms with Crippen LogP contribution in [0, 0.1) is 5.82 Å². The maximum absolute atomic E-state index is 13.0. The number of halogens is 1. The Morgan fingerprint density at radius 3 is 2.62 bits per heavy atom. The van der Waals surface area contributed by atoms with Crippen LogP contribution in [0.25, 0.3) is 0 Å². The van der Waals surface area contributed by atoms with E-state index in [1.807, 2.05) is 31.2 Å². The maximum atomic E-state index is 13.0. The lowest BCUT2D eigenvalue weighted by Gasteiger charge is -2.35. The molecule has 1 aliphatic rings. The maximum Gasteiger partial charge on any atom is 0.247 e. The zero-order valence-corrected chi connectivity index (χ0v) is 13.5. The van der Waals surface area contributed by atoms with E-state index < -0.39 is 6.04 Å². The molecule has 2 amide bonds. The lowest BCUT2D eigenvalue weighted by atomic mass is 9.91. The summed E-state index contributed by atoms with van der Waals surface area (Å²) in [5.41, 5.74) is 2.58. The Hall–Kier alpha value is -2.69. The van der Waals surface area contributed by atoms with Gasteiger partial charge in [-0.25, -0.2) is 4.39 Å². The van der Waals surface area contributed by atoms with Crippen molar-refractivity contribution in [2.75, 3.05) is 6.54 Å². The molecule has 1 unspecified atom stereocenters. The first-order valence-corrected chi connectivity index (χ1v) is 7.99. The van der Waals surface area contributed by atoms with Gasteiger partial charge in [0.15, 0.2) is 0 Å². The molecule has 1 aliphatic heterocycles. The van der Waals surface area contributed by atoms with Crippen molar-refractivity contribution in [1.29, 1.82) is 0 Å². The van der Waals surface area contributed by atoms with Crippen molar-refractivity contribution in [2.45, 2.75) is 25.9 Å². The summed E-state index contributed by atoms with van der Waals surface area (Å²) in [5.74, 6) is -0.575. The number of rotatable bonds is 4. The number of carbonyl (C=O) groups is 2. The average Bonchev–Trinajstić information content (AvgIpc) is 2.59. The second-order valence-electron chi connectivity index (χ2n) is 5.80. The highest BCUT2D eigenvalue weighted by atomic mass is 19.1. The number of amides is 2. The molecule has 1 N–H and O–H groups in total. The molecule has 3 rings (SSSR count). The van der Waals surface area contributed by atoms with E-state index in [-0.39, 0.29) is 17.6 Å². The van der Waals surface area contributed by atoms with E-state index in [2.05, 4.69) is 5.32 Å². The monoisotopic (exact) mass is 326 g/mol. The molecule has 0 fully saturated rings. The summed E-state index contributed by atoms with van der Waals surface area (Å²) >= 11 is 0. The fourth-order valence-corrected chi connectivity index (χ4v) is 3.07. The largest absolute Gasteiger partial charge is 0.350 e. The van der Waals surface area contributed by atoms with E-state index >= 15 is 0 Å². The van der Waals surface area contributed by atoms with Crippen molar-refractivity contribution in [3.05, 3.63) is 71.0 Å². The third-order valence-electron chi connectivity index (χ3n) is 4.29. The van der Waals surface area contributed by atoms with Crippen molar-refractivity contribution in [3.63, 3.8) is 0 Å². The number of benzene rings is 2.